The molecule has 94 valence electrons. The van der Waals surface area contributed by atoms with Gasteiger partial charge in [-0.3, -0.25) is 9.59 Å². The number of carbonyl (C=O) groups excluding carboxylic acids is 2. The monoisotopic (exact) mass is 231 g/mol. The Morgan fingerprint density at radius 2 is 1.75 bits per heavy atom. The minimum atomic E-state index is 0.431. The van der Waals surface area contributed by atoms with E-state index in [0.717, 1.165) is 32.6 Å². The molecule has 0 atom stereocenters. The first-order chi connectivity index (χ1) is 7.65. The Morgan fingerprint density at radius 1 is 1.19 bits per heavy atom. The predicted octanol–water partition coefficient (Wildman–Crippen LogP) is -0.584. The normalized spacial score (nSPS) is 16.4. The van der Waals surface area contributed by atoms with Gasteiger partial charge in [0.05, 0.1) is 6.61 Å². The second kappa shape index (κ2) is 9.11. The molecule has 0 aliphatic carbocycles. The molecule has 0 N–H and O–H groups in total. The second-order valence-electron chi connectivity index (χ2n) is 3.49. The largest absolute Gasteiger partial charge is 0.468 e. The summed E-state index contributed by atoms with van der Waals surface area (Å²) in [6.07, 6.45) is 0.924. The van der Waals surface area contributed by atoms with E-state index in [9.17, 15) is 9.59 Å². The molecule has 0 saturated carbocycles. The van der Waals surface area contributed by atoms with Gasteiger partial charge in [-0.1, -0.05) is 0 Å². The van der Waals surface area contributed by atoms with E-state index in [1.54, 1.807) is 11.8 Å². The van der Waals surface area contributed by atoms with Crippen molar-refractivity contribution in [1.29, 1.82) is 0 Å². The fourth-order valence-electron chi connectivity index (χ4n) is 1.28. The summed E-state index contributed by atoms with van der Waals surface area (Å²) in [5.41, 5.74) is 0. The Hall–Kier alpha value is -1.14. The zero-order valence-corrected chi connectivity index (χ0v) is 10.3. The summed E-state index contributed by atoms with van der Waals surface area (Å²) in [7, 11) is 4.05. The van der Waals surface area contributed by atoms with E-state index >= 15 is 0 Å². The molecule has 6 heteroatoms. The van der Waals surface area contributed by atoms with Gasteiger partial charge in [0.1, 0.15) is 0 Å². The van der Waals surface area contributed by atoms with Crippen LogP contribution in [0, 0.1) is 0 Å². The van der Waals surface area contributed by atoms with Crippen molar-refractivity contribution in [2.24, 2.45) is 0 Å². The number of hydrogen-bond acceptors (Lipinski definition) is 5. The lowest BCUT2D eigenvalue weighted by Gasteiger charge is -2.36. The van der Waals surface area contributed by atoms with Crippen LogP contribution in [0.15, 0.2) is 0 Å². The number of hydrogen-bond donors (Lipinski definition) is 0. The van der Waals surface area contributed by atoms with Gasteiger partial charge in [0.25, 0.3) is 6.47 Å². The van der Waals surface area contributed by atoms with Crippen molar-refractivity contribution in [1.82, 2.24) is 14.9 Å². The van der Waals surface area contributed by atoms with Gasteiger partial charge in [-0.2, -0.15) is 0 Å². The predicted molar refractivity (Wildman–Crippen MR) is 60.6 cm³/mol. The molecule has 16 heavy (non-hydrogen) atoms. The number of piperazine rings is 1. The van der Waals surface area contributed by atoms with E-state index in [-0.39, 0.29) is 0 Å². The molecule has 1 fully saturated rings. The Kier molecular flexibility index (Phi) is 8.46. The molecule has 0 aromatic heterocycles. The van der Waals surface area contributed by atoms with Crippen molar-refractivity contribution in [3.63, 3.8) is 0 Å². The van der Waals surface area contributed by atoms with Crippen LogP contribution in [-0.2, 0) is 14.3 Å². The third-order valence-electron chi connectivity index (χ3n) is 2.24. The first kappa shape index (κ1) is 14.9. The zero-order valence-electron chi connectivity index (χ0n) is 10.3. The molecule has 0 bridgehead atoms. The molecular formula is C10H21N3O3. The molecule has 1 aliphatic heterocycles. The minimum Gasteiger partial charge on any atom is -0.468 e. The molecule has 1 saturated heterocycles. The van der Waals surface area contributed by atoms with Crippen molar-refractivity contribution in [2.45, 2.75) is 6.92 Å². The van der Waals surface area contributed by atoms with Crippen molar-refractivity contribution in [3.8, 4) is 0 Å². The van der Waals surface area contributed by atoms with Gasteiger partial charge in [0.2, 0.25) is 6.41 Å². The van der Waals surface area contributed by atoms with Crippen LogP contribution in [0.5, 0.6) is 0 Å². The molecule has 6 nitrogen and oxygen atoms in total. The summed E-state index contributed by atoms with van der Waals surface area (Å²) in [6.45, 7) is 6.26. The highest BCUT2D eigenvalue weighted by Gasteiger charge is 2.15. The summed E-state index contributed by atoms with van der Waals surface area (Å²) in [5.74, 6) is 0. The fourth-order valence-corrected chi connectivity index (χ4v) is 1.28. The van der Waals surface area contributed by atoms with Crippen LogP contribution in [0.4, 0.5) is 0 Å². The van der Waals surface area contributed by atoms with Crippen LogP contribution in [0.2, 0.25) is 0 Å². The topological polar surface area (TPSA) is 53.1 Å². The van der Waals surface area contributed by atoms with Gasteiger partial charge in [-0.05, 0) is 6.92 Å². The molecule has 1 heterocycles. The number of nitrogens with zero attached hydrogens (tertiary/aromatic N) is 3. The van der Waals surface area contributed by atoms with E-state index in [1.165, 1.54) is 0 Å². The van der Waals surface area contributed by atoms with Gasteiger partial charge < -0.3 is 9.64 Å². The minimum absolute atomic E-state index is 0.431. The molecule has 1 aliphatic rings. The van der Waals surface area contributed by atoms with Crippen LogP contribution in [-0.4, -0.2) is 74.7 Å². The van der Waals surface area contributed by atoms with Gasteiger partial charge in [0.15, 0.2) is 0 Å². The summed E-state index contributed by atoms with van der Waals surface area (Å²) < 4.78 is 4.15. The average Bonchev–Trinajstić information content (AvgIpc) is 2.31. The maximum absolute atomic E-state index is 10.3. The quantitative estimate of drug-likeness (QED) is 0.606. The molecule has 0 unspecified atom stereocenters. The lowest BCUT2D eigenvalue weighted by atomic mass is 10.4. The SMILES string of the molecule is CCOC=O.CN(C)N1CCN(C=O)CC1. The molecule has 0 spiro atoms. The standard InChI is InChI=1S/C7H15N3O.C3H6O2/c1-8(2)10-5-3-9(7-11)4-6-10;1-2-5-3-4/h7H,3-6H2,1-2H3;3H,2H2,1H3. The van der Waals surface area contributed by atoms with Crippen molar-refractivity contribution < 1.29 is 14.3 Å². The molecule has 1 rings (SSSR count). The van der Waals surface area contributed by atoms with E-state index in [1.807, 2.05) is 14.1 Å². The highest BCUT2D eigenvalue weighted by molar-refractivity contribution is 5.47. The number of ether oxygens (including phenoxy) is 1. The zero-order chi connectivity index (χ0) is 12.4. The summed E-state index contributed by atoms with van der Waals surface area (Å²) in [6, 6.07) is 0. The van der Waals surface area contributed by atoms with E-state index in [0.29, 0.717) is 13.1 Å². The number of hydrazine groups is 1. The molecule has 0 aromatic carbocycles. The average molecular weight is 231 g/mol. The number of rotatable bonds is 4. The summed E-state index contributed by atoms with van der Waals surface area (Å²) >= 11 is 0. The second-order valence-corrected chi connectivity index (χ2v) is 3.49. The number of amides is 1. The van der Waals surface area contributed by atoms with Crippen molar-refractivity contribution >= 4 is 12.9 Å². The third-order valence-corrected chi connectivity index (χ3v) is 2.24. The van der Waals surface area contributed by atoms with Crippen LogP contribution >= 0.6 is 0 Å². The van der Waals surface area contributed by atoms with E-state index in [2.05, 4.69) is 14.8 Å². The molecule has 0 aromatic rings. The lowest BCUT2D eigenvalue weighted by Crippen LogP contribution is -2.50. The van der Waals surface area contributed by atoms with Crippen LogP contribution in [0.3, 0.4) is 0 Å². The Balaban J connectivity index is 0.000000385. The molecule has 0 radical (unpaired) electrons. The first-order valence-electron chi connectivity index (χ1n) is 5.32. The lowest BCUT2D eigenvalue weighted by molar-refractivity contribution is -0.128. The smallest absolute Gasteiger partial charge is 0.293 e. The summed E-state index contributed by atoms with van der Waals surface area (Å²) in [5, 5.41) is 4.29. The van der Waals surface area contributed by atoms with Crippen LogP contribution < -0.4 is 0 Å². The van der Waals surface area contributed by atoms with Crippen molar-refractivity contribution in [3.05, 3.63) is 0 Å². The third kappa shape index (κ3) is 6.36. The highest BCUT2D eigenvalue weighted by Crippen LogP contribution is 1.99. The van der Waals surface area contributed by atoms with Gasteiger partial charge in [-0.15, -0.1) is 0 Å². The van der Waals surface area contributed by atoms with Gasteiger partial charge in [-0.25, -0.2) is 10.0 Å². The Bertz CT molecular complexity index is 192. The van der Waals surface area contributed by atoms with E-state index in [4.69, 9.17) is 0 Å². The fraction of sp³-hybridized carbons (Fsp3) is 0.800. The number of carbonyl (C=O) groups is 2. The highest BCUT2D eigenvalue weighted by atomic mass is 16.5. The maximum Gasteiger partial charge on any atom is 0.293 e. The van der Waals surface area contributed by atoms with Gasteiger partial charge in [0, 0.05) is 40.3 Å². The molecule has 1 amide bonds. The molecular weight excluding hydrogens is 210 g/mol. The summed E-state index contributed by atoms with van der Waals surface area (Å²) in [4.78, 5) is 21.3. The maximum atomic E-state index is 10.3. The Labute approximate surface area is 96.7 Å². The first-order valence-corrected chi connectivity index (χ1v) is 5.32. The van der Waals surface area contributed by atoms with Crippen molar-refractivity contribution in [2.75, 3.05) is 46.9 Å². The van der Waals surface area contributed by atoms with Crippen LogP contribution in [0.25, 0.3) is 0 Å². The Morgan fingerprint density at radius 3 is 2.00 bits per heavy atom. The van der Waals surface area contributed by atoms with Gasteiger partial charge >= 0.3 is 0 Å². The van der Waals surface area contributed by atoms with E-state index < -0.39 is 0 Å². The van der Waals surface area contributed by atoms with Crippen LogP contribution in [0.1, 0.15) is 6.92 Å².